The van der Waals surface area contributed by atoms with Gasteiger partial charge in [0.25, 0.3) is 0 Å². The van der Waals surface area contributed by atoms with Crippen LogP contribution < -0.4 is 5.32 Å². The summed E-state index contributed by atoms with van der Waals surface area (Å²) < 4.78 is 25.7. The Kier molecular flexibility index (Phi) is 5.16. The van der Waals surface area contributed by atoms with Gasteiger partial charge in [-0.05, 0) is 12.1 Å². The number of hydrogen-bond donors (Lipinski definition) is 1. The third-order valence-electron chi connectivity index (χ3n) is 1.66. The first kappa shape index (κ1) is 12.0. The van der Waals surface area contributed by atoms with E-state index in [4.69, 9.17) is 6.42 Å². The number of halogens is 2. The maximum Gasteiger partial charge on any atom is 0.139 e. The monoisotopic (exact) mass is 227 g/mol. The Morgan fingerprint density at radius 3 is 2.87 bits per heavy atom. The maximum absolute atomic E-state index is 13.1. The SMILES string of the molecule is C#CCNCCSc1ccc(F)cc1F. The minimum Gasteiger partial charge on any atom is -0.305 e. The fourth-order valence-electron chi connectivity index (χ4n) is 0.986. The minimum absolute atomic E-state index is 0.457. The fraction of sp³-hybridized carbons (Fsp3) is 0.273. The van der Waals surface area contributed by atoms with Crippen molar-refractivity contribution in [3.63, 3.8) is 0 Å². The summed E-state index contributed by atoms with van der Waals surface area (Å²) in [6, 6.07) is 3.58. The molecule has 0 radical (unpaired) electrons. The Hall–Kier alpha value is -1.05. The van der Waals surface area contributed by atoms with Crippen molar-refractivity contribution in [3.05, 3.63) is 29.8 Å². The highest BCUT2D eigenvalue weighted by atomic mass is 32.2. The van der Waals surface area contributed by atoms with Crippen molar-refractivity contribution >= 4 is 11.8 Å². The molecule has 15 heavy (non-hydrogen) atoms. The molecule has 0 aliphatic rings. The summed E-state index contributed by atoms with van der Waals surface area (Å²) in [6.45, 7) is 1.21. The van der Waals surface area contributed by atoms with Gasteiger partial charge in [-0.2, -0.15) is 0 Å². The lowest BCUT2D eigenvalue weighted by molar-refractivity contribution is 0.565. The average molecular weight is 227 g/mol. The molecular formula is C11H11F2NS. The summed E-state index contributed by atoms with van der Waals surface area (Å²) in [6.07, 6.45) is 5.04. The van der Waals surface area contributed by atoms with E-state index in [0.29, 0.717) is 23.7 Å². The Labute approximate surface area is 92.3 Å². The minimum atomic E-state index is -0.553. The van der Waals surface area contributed by atoms with E-state index in [0.717, 1.165) is 6.07 Å². The molecule has 1 rings (SSSR count). The molecule has 1 N–H and O–H groups in total. The summed E-state index contributed by atoms with van der Waals surface area (Å²) in [7, 11) is 0. The van der Waals surface area contributed by atoms with Gasteiger partial charge in [0.1, 0.15) is 11.6 Å². The molecule has 4 heteroatoms. The third kappa shape index (κ3) is 4.32. The molecule has 0 bridgehead atoms. The van der Waals surface area contributed by atoms with Gasteiger partial charge in [-0.1, -0.05) is 5.92 Å². The number of nitrogens with one attached hydrogen (secondary N) is 1. The molecule has 0 fully saturated rings. The molecule has 0 saturated heterocycles. The van der Waals surface area contributed by atoms with Crippen molar-refractivity contribution < 1.29 is 8.78 Å². The summed E-state index contributed by atoms with van der Waals surface area (Å²) >= 11 is 1.33. The molecule has 80 valence electrons. The number of benzene rings is 1. The number of rotatable bonds is 5. The van der Waals surface area contributed by atoms with E-state index in [1.807, 2.05) is 0 Å². The topological polar surface area (TPSA) is 12.0 Å². The van der Waals surface area contributed by atoms with E-state index in [9.17, 15) is 8.78 Å². The molecule has 0 amide bonds. The Bertz CT molecular complexity index is 360. The van der Waals surface area contributed by atoms with Crippen LogP contribution in [0.4, 0.5) is 8.78 Å². The lowest BCUT2D eigenvalue weighted by atomic mass is 10.3. The van der Waals surface area contributed by atoms with Gasteiger partial charge in [0.2, 0.25) is 0 Å². The maximum atomic E-state index is 13.1. The van der Waals surface area contributed by atoms with E-state index in [1.54, 1.807) is 0 Å². The lowest BCUT2D eigenvalue weighted by Gasteiger charge is -2.03. The second-order valence-electron chi connectivity index (χ2n) is 2.80. The molecule has 0 heterocycles. The van der Waals surface area contributed by atoms with Gasteiger partial charge >= 0.3 is 0 Å². The summed E-state index contributed by atoms with van der Waals surface area (Å²) in [5.41, 5.74) is 0. The van der Waals surface area contributed by atoms with Gasteiger partial charge in [-0.25, -0.2) is 8.78 Å². The van der Waals surface area contributed by atoms with Crippen molar-refractivity contribution in [2.75, 3.05) is 18.8 Å². The van der Waals surface area contributed by atoms with E-state index < -0.39 is 11.6 Å². The summed E-state index contributed by atoms with van der Waals surface area (Å²) in [5.74, 6) is 2.07. The molecule has 1 nitrogen and oxygen atoms in total. The zero-order valence-electron chi connectivity index (χ0n) is 8.09. The van der Waals surface area contributed by atoms with Gasteiger partial charge in [-0.3, -0.25) is 0 Å². The van der Waals surface area contributed by atoms with Crippen LogP contribution in [0.1, 0.15) is 0 Å². The van der Waals surface area contributed by atoms with E-state index in [-0.39, 0.29) is 0 Å². The van der Waals surface area contributed by atoms with Crippen molar-refractivity contribution in [2.45, 2.75) is 4.90 Å². The molecular weight excluding hydrogens is 216 g/mol. The molecule has 1 aromatic rings. The third-order valence-corrected chi connectivity index (χ3v) is 2.71. The standard InChI is InChI=1S/C11H11F2NS/c1-2-5-14-6-7-15-11-4-3-9(12)8-10(11)13/h1,3-4,8,14H,5-7H2. The van der Waals surface area contributed by atoms with E-state index >= 15 is 0 Å². The molecule has 1 aromatic carbocycles. The Balaban J connectivity index is 2.35. The van der Waals surface area contributed by atoms with Gasteiger partial charge in [-0.15, -0.1) is 18.2 Å². The van der Waals surface area contributed by atoms with Crippen molar-refractivity contribution in [2.24, 2.45) is 0 Å². The fourth-order valence-corrected chi connectivity index (χ4v) is 1.81. The first-order valence-electron chi connectivity index (χ1n) is 4.46. The van der Waals surface area contributed by atoms with Crippen LogP contribution in [-0.4, -0.2) is 18.8 Å². The molecule has 0 atom stereocenters. The van der Waals surface area contributed by atoms with Gasteiger partial charge in [0.05, 0.1) is 6.54 Å². The molecule has 0 spiro atoms. The van der Waals surface area contributed by atoms with Crippen molar-refractivity contribution in [1.29, 1.82) is 0 Å². The predicted octanol–water partition coefficient (Wildman–Crippen LogP) is 2.28. The quantitative estimate of drug-likeness (QED) is 0.470. The average Bonchev–Trinajstić information content (AvgIpc) is 2.20. The molecule has 0 aliphatic carbocycles. The Morgan fingerprint density at radius 2 is 2.20 bits per heavy atom. The van der Waals surface area contributed by atoms with Crippen LogP contribution in [0.5, 0.6) is 0 Å². The molecule has 0 aromatic heterocycles. The van der Waals surface area contributed by atoms with E-state index in [2.05, 4.69) is 11.2 Å². The smallest absolute Gasteiger partial charge is 0.139 e. The van der Waals surface area contributed by atoms with Crippen LogP contribution in [-0.2, 0) is 0 Å². The van der Waals surface area contributed by atoms with Gasteiger partial charge in [0, 0.05) is 23.3 Å². The second-order valence-corrected chi connectivity index (χ2v) is 3.94. The first-order valence-corrected chi connectivity index (χ1v) is 5.44. The van der Waals surface area contributed by atoms with Gasteiger partial charge in [0.15, 0.2) is 0 Å². The highest BCUT2D eigenvalue weighted by Gasteiger charge is 2.03. The largest absolute Gasteiger partial charge is 0.305 e. The van der Waals surface area contributed by atoms with Crippen LogP contribution in [0, 0.1) is 24.0 Å². The number of hydrogen-bond acceptors (Lipinski definition) is 2. The van der Waals surface area contributed by atoms with Crippen molar-refractivity contribution in [3.8, 4) is 12.3 Å². The second kappa shape index (κ2) is 6.44. The Morgan fingerprint density at radius 1 is 1.40 bits per heavy atom. The van der Waals surface area contributed by atoms with Crippen LogP contribution >= 0.6 is 11.8 Å². The zero-order chi connectivity index (χ0) is 11.1. The van der Waals surface area contributed by atoms with Gasteiger partial charge < -0.3 is 5.32 Å². The van der Waals surface area contributed by atoms with Crippen LogP contribution in [0.3, 0.4) is 0 Å². The van der Waals surface area contributed by atoms with Crippen LogP contribution in [0.15, 0.2) is 23.1 Å². The predicted molar refractivity (Wildman–Crippen MR) is 58.8 cm³/mol. The molecule has 0 aliphatic heterocycles. The molecule has 0 saturated carbocycles. The van der Waals surface area contributed by atoms with E-state index in [1.165, 1.54) is 23.9 Å². The zero-order valence-corrected chi connectivity index (χ0v) is 8.91. The lowest BCUT2D eigenvalue weighted by Crippen LogP contribution is -2.16. The highest BCUT2D eigenvalue weighted by molar-refractivity contribution is 7.99. The number of thioether (sulfide) groups is 1. The number of terminal acetylenes is 1. The van der Waals surface area contributed by atoms with Crippen LogP contribution in [0.25, 0.3) is 0 Å². The summed E-state index contributed by atoms with van der Waals surface area (Å²) in [4.78, 5) is 0.457. The van der Waals surface area contributed by atoms with Crippen molar-refractivity contribution in [1.82, 2.24) is 5.32 Å². The highest BCUT2D eigenvalue weighted by Crippen LogP contribution is 2.21. The van der Waals surface area contributed by atoms with Crippen LogP contribution in [0.2, 0.25) is 0 Å². The first-order chi connectivity index (χ1) is 7.24. The summed E-state index contributed by atoms with van der Waals surface area (Å²) in [5, 5.41) is 2.98. The molecule has 0 unspecified atom stereocenters. The normalized spacial score (nSPS) is 9.93.